The minimum absolute atomic E-state index is 0.236. The van der Waals surface area contributed by atoms with Gasteiger partial charge in [-0.25, -0.2) is 0 Å². The standard InChI is InChI=1S/C22H41NO2/c1-17-13-18(2)15-23(14-17)12-6-7-20-16-24-22(25-20)10-8-19(9-11-22)21(3,4)5/h17-20H,6-16H2,1-5H3. The van der Waals surface area contributed by atoms with E-state index < -0.39 is 0 Å². The molecule has 0 amide bonds. The third-order valence-electron chi connectivity index (χ3n) is 6.83. The number of rotatable bonds is 4. The molecular formula is C22H41NO2. The number of hydrogen-bond acceptors (Lipinski definition) is 3. The molecule has 0 radical (unpaired) electrons. The molecule has 1 spiro atoms. The smallest absolute Gasteiger partial charge is 0.168 e. The van der Waals surface area contributed by atoms with Gasteiger partial charge in [0.15, 0.2) is 5.79 Å². The molecule has 0 aromatic carbocycles. The lowest BCUT2D eigenvalue weighted by Crippen LogP contribution is -2.39. The van der Waals surface area contributed by atoms with E-state index in [-0.39, 0.29) is 5.79 Å². The largest absolute Gasteiger partial charge is 0.347 e. The first-order chi connectivity index (χ1) is 11.8. The van der Waals surface area contributed by atoms with Crippen LogP contribution in [-0.4, -0.2) is 43.0 Å². The number of hydrogen-bond donors (Lipinski definition) is 0. The van der Waals surface area contributed by atoms with Crippen molar-refractivity contribution < 1.29 is 9.47 Å². The van der Waals surface area contributed by atoms with E-state index in [1.165, 1.54) is 45.3 Å². The predicted octanol–water partition coefficient (Wildman–Crippen LogP) is 5.09. The van der Waals surface area contributed by atoms with Crippen LogP contribution in [0.15, 0.2) is 0 Å². The minimum atomic E-state index is -0.236. The molecule has 25 heavy (non-hydrogen) atoms. The molecule has 146 valence electrons. The molecule has 1 saturated carbocycles. The average molecular weight is 352 g/mol. The zero-order chi connectivity index (χ0) is 18.1. The fourth-order valence-corrected chi connectivity index (χ4v) is 5.46. The monoisotopic (exact) mass is 351 g/mol. The molecule has 3 heteroatoms. The van der Waals surface area contributed by atoms with Gasteiger partial charge in [0, 0.05) is 25.9 Å². The molecule has 2 saturated heterocycles. The van der Waals surface area contributed by atoms with Gasteiger partial charge >= 0.3 is 0 Å². The number of ether oxygens (including phenoxy) is 2. The highest BCUT2D eigenvalue weighted by molar-refractivity contribution is 4.89. The van der Waals surface area contributed by atoms with Gasteiger partial charge < -0.3 is 14.4 Å². The summed E-state index contributed by atoms with van der Waals surface area (Å²) in [6.07, 6.45) is 8.80. The fraction of sp³-hybridized carbons (Fsp3) is 1.00. The van der Waals surface area contributed by atoms with E-state index in [2.05, 4.69) is 39.5 Å². The van der Waals surface area contributed by atoms with Crippen LogP contribution in [0.2, 0.25) is 0 Å². The quantitative estimate of drug-likeness (QED) is 0.704. The van der Waals surface area contributed by atoms with E-state index in [0.717, 1.165) is 43.6 Å². The van der Waals surface area contributed by atoms with Crippen molar-refractivity contribution in [3.8, 4) is 0 Å². The highest BCUT2D eigenvalue weighted by atomic mass is 16.7. The summed E-state index contributed by atoms with van der Waals surface area (Å²) in [5, 5.41) is 0. The van der Waals surface area contributed by atoms with E-state index in [9.17, 15) is 0 Å². The van der Waals surface area contributed by atoms with Crippen LogP contribution in [0.3, 0.4) is 0 Å². The SMILES string of the molecule is CC1CC(C)CN(CCCC2COC3(CCC(C(C)(C)C)CC3)O2)C1. The van der Waals surface area contributed by atoms with Crippen molar-refractivity contribution in [2.75, 3.05) is 26.2 Å². The first kappa shape index (κ1) is 19.6. The summed E-state index contributed by atoms with van der Waals surface area (Å²) in [6.45, 7) is 16.5. The zero-order valence-corrected chi connectivity index (χ0v) is 17.4. The van der Waals surface area contributed by atoms with Crippen molar-refractivity contribution in [2.24, 2.45) is 23.2 Å². The van der Waals surface area contributed by atoms with Gasteiger partial charge in [0.1, 0.15) is 0 Å². The lowest BCUT2D eigenvalue weighted by Gasteiger charge is -2.41. The van der Waals surface area contributed by atoms with Crippen LogP contribution in [0.1, 0.15) is 79.6 Å². The summed E-state index contributed by atoms with van der Waals surface area (Å²) >= 11 is 0. The molecule has 3 fully saturated rings. The molecule has 0 N–H and O–H groups in total. The highest BCUT2D eigenvalue weighted by Crippen LogP contribution is 2.45. The second kappa shape index (κ2) is 7.86. The summed E-state index contributed by atoms with van der Waals surface area (Å²) in [5.41, 5.74) is 0.419. The average Bonchev–Trinajstić information content (AvgIpc) is 2.88. The van der Waals surface area contributed by atoms with Crippen molar-refractivity contribution in [3.63, 3.8) is 0 Å². The summed E-state index contributed by atoms with van der Waals surface area (Å²) < 4.78 is 12.6. The predicted molar refractivity (Wildman–Crippen MR) is 104 cm³/mol. The normalized spacial score (nSPS) is 40.7. The molecule has 1 aliphatic carbocycles. The molecule has 2 heterocycles. The molecule has 0 aromatic rings. The Hall–Kier alpha value is -0.120. The molecule has 2 aliphatic heterocycles. The lowest BCUT2D eigenvalue weighted by atomic mass is 9.71. The summed E-state index contributed by atoms with van der Waals surface area (Å²) in [4.78, 5) is 2.67. The maximum atomic E-state index is 6.44. The van der Waals surface area contributed by atoms with Gasteiger partial charge in [0.25, 0.3) is 0 Å². The van der Waals surface area contributed by atoms with Crippen molar-refractivity contribution in [2.45, 2.75) is 91.5 Å². The van der Waals surface area contributed by atoms with Gasteiger partial charge in [-0.3, -0.25) is 0 Å². The van der Waals surface area contributed by atoms with Crippen LogP contribution in [0, 0.1) is 23.2 Å². The van der Waals surface area contributed by atoms with E-state index in [1.807, 2.05) is 0 Å². The van der Waals surface area contributed by atoms with Gasteiger partial charge in [-0.15, -0.1) is 0 Å². The first-order valence-electron chi connectivity index (χ1n) is 10.8. The Morgan fingerprint density at radius 3 is 2.28 bits per heavy atom. The molecule has 3 rings (SSSR count). The molecule has 3 atom stereocenters. The third kappa shape index (κ3) is 5.20. The topological polar surface area (TPSA) is 21.7 Å². The van der Waals surface area contributed by atoms with Crippen molar-refractivity contribution >= 4 is 0 Å². The third-order valence-corrected chi connectivity index (χ3v) is 6.83. The van der Waals surface area contributed by atoms with Crippen LogP contribution < -0.4 is 0 Å². The number of piperidine rings is 1. The Bertz CT molecular complexity index is 412. The van der Waals surface area contributed by atoms with Crippen LogP contribution in [0.25, 0.3) is 0 Å². The van der Waals surface area contributed by atoms with Gasteiger partial charge in [0.2, 0.25) is 0 Å². The molecular weight excluding hydrogens is 310 g/mol. The fourth-order valence-electron chi connectivity index (χ4n) is 5.46. The second-order valence-electron chi connectivity index (χ2n) is 10.4. The van der Waals surface area contributed by atoms with Gasteiger partial charge in [0.05, 0.1) is 12.7 Å². The molecule has 3 unspecified atom stereocenters. The Morgan fingerprint density at radius 1 is 1.04 bits per heavy atom. The molecule has 3 nitrogen and oxygen atoms in total. The van der Waals surface area contributed by atoms with Crippen molar-refractivity contribution in [1.29, 1.82) is 0 Å². The van der Waals surface area contributed by atoms with Gasteiger partial charge in [-0.05, 0) is 61.8 Å². The highest BCUT2D eigenvalue weighted by Gasteiger charge is 2.45. The first-order valence-corrected chi connectivity index (χ1v) is 10.8. The van der Waals surface area contributed by atoms with E-state index in [1.54, 1.807) is 0 Å². The Labute approximate surface area is 155 Å². The minimum Gasteiger partial charge on any atom is -0.347 e. The van der Waals surface area contributed by atoms with Crippen LogP contribution in [0.4, 0.5) is 0 Å². The van der Waals surface area contributed by atoms with E-state index >= 15 is 0 Å². The Balaban J connectivity index is 1.37. The zero-order valence-electron chi connectivity index (χ0n) is 17.4. The molecule has 0 aromatic heterocycles. The number of nitrogens with zero attached hydrogens (tertiary/aromatic N) is 1. The summed E-state index contributed by atoms with van der Waals surface area (Å²) in [5.74, 6) is 2.29. The maximum absolute atomic E-state index is 6.44. The van der Waals surface area contributed by atoms with Gasteiger partial charge in [-0.1, -0.05) is 34.6 Å². The van der Waals surface area contributed by atoms with Crippen molar-refractivity contribution in [1.82, 2.24) is 4.90 Å². The van der Waals surface area contributed by atoms with Gasteiger partial charge in [-0.2, -0.15) is 0 Å². The summed E-state index contributed by atoms with van der Waals surface area (Å²) in [7, 11) is 0. The summed E-state index contributed by atoms with van der Waals surface area (Å²) in [6, 6.07) is 0. The van der Waals surface area contributed by atoms with Crippen LogP contribution in [-0.2, 0) is 9.47 Å². The van der Waals surface area contributed by atoms with Crippen molar-refractivity contribution in [3.05, 3.63) is 0 Å². The Kier molecular flexibility index (Phi) is 6.17. The second-order valence-corrected chi connectivity index (χ2v) is 10.4. The number of likely N-dealkylation sites (tertiary alicyclic amines) is 1. The van der Waals surface area contributed by atoms with Crippen LogP contribution in [0.5, 0.6) is 0 Å². The maximum Gasteiger partial charge on any atom is 0.168 e. The Morgan fingerprint density at radius 2 is 1.68 bits per heavy atom. The molecule has 0 bridgehead atoms. The van der Waals surface area contributed by atoms with E-state index in [4.69, 9.17) is 9.47 Å². The van der Waals surface area contributed by atoms with E-state index in [0.29, 0.717) is 11.5 Å². The molecule has 3 aliphatic rings. The lowest BCUT2D eigenvalue weighted by molar-refractivity contribution is -0.197. The van der Waals surface area contributed by atoms with Crippen LogP contribution >= 0.6 is 0 Å².